The third-order valence-electron chi connectivity index (χ3n) is 5.34. The van der Waals surface area contributed by atoms with E-state index in [2.05, 4.69) is 28.8 Å². The molecule has 0 radical (unpaired) electrons. The molecule has 118 valence electrons. The van der Waals surface area contributed by atoms with Gasteiger partial charge in [-0.3, -0.25) is 0 Å². The van der Waals surface area contributed by atoms with Gasteiger partial charge in [-0.15, -0.1) is 11.3 Å². The molecule has 0 amide bonds. The second-order valence-electron chi connectivity index (χ2n) is 6.87. The van der Waals surface area contributed by atoms with Crippen LogP contribution in [0.3, 0.4) is 0 Å². The van der Waals surface area contributed by atoms with Crippen LogP contribution in [0.25, 0.3) is 0 Å². The van der Waals surface area contributed by atoms with Crippen molar-refractivity contribution >= 4 is 11.3 Å². The minimum Gasteiger partial charge on any atom is -0.306 e. The smallest absolute Gasteiger partial charge is 0.0797 e. The van der Waals surface area contributed by atoms with Crippen molar-refractivity contribution in [2.24, 2.45) is 5.92 Å². The molecule has 1 aromatic heterocycles. The maximum atomic E-state index is 4.36. The summed E-state index contributed by atoms with van der Waals surface area (Å²) in [6.45, 7) is 7.29. The van der Waals surface area contributed by atoms with Crippen LogP contribution < -0.4 is 0 Å². The van der Waals surface area contributed by atoms with Gasteiger partial charge in [0.25, 0.3) is 0 Å². The Kier molecular flexibility index (Phi) is 5.30. The molecule has 4 heteroatoms. The molecule has 2 fully saturated rings. The van der Waals surface area contributed by atoms with E-state index in [0.29, 0.717) is 0 Å². The second kappa shape index (κ2) is 7.21. The number of likely N-dealkylation sites (N-methyl/N-ethyl adjacent to an activating group) is 1. The third-order valence-corrected chi connectivity index (χ3v) is 6.34. The molecule has 0 spiro atoms. The van der Waals surface area contributed by atoms with Crippen LogP contribution in [0.15, 0.2) is 5.51 Å². The standard InChI is InChI=1S/C17H29N3S/c1-14-17(21-13-18-14)8-11-19(2)12-15-6-5-10-20-9-4-3-7-16(15)20/h13,15-16H,3-12H2,1-2H3/t15-,16+/m0/s1. The van der Waals surface area contributed by atoms with E-state index in [4.69, 9.17) is 0 Å². The van der Waals surface area contributed by atoms with Crippen LogP contribution in [0.5, 0.6) is 0 Å². The summed E-state index contributed by atoms with van der Waals surface area (Å²) in [5.41, 5.74) is 3.20. The van der Waals surface area contributed by atoms with Crippen molar-refractivity contribution < 1.29 is 0 Å². The highest BCUT2D eigenvalue weighted by Crippen LogP contribution is 2.31. The minimum atomic E-state index is 0.875. The number of thiazole rings is 1. The predicted molar refractivity (Wildman–Crippen MR) is 90.0 cm³/mol. The monoisotopic (exact) mass is 307 g/mol. The lowest BCUT2D eigenvalue weighted by molar-refractivity contribution is 0.0447. The highest BCUT2D eigenvalue weighted by molar-refractivity contribution is 7.09. The summed E-state index contributed by atoms with van der Waals surface area (Å²) in [7, 11) is 2.30. The molecule has 1 aromatic rings. The number of aryl methyl sites for hydroxylation is 1. The van der Waals surface area contributed by atoms with Gasteiger partial charge in [0.1, 0.15) is 0 Å². The first kappa shape index (κ1) is 15.4. The quantitative estimate of drug-likeness (QED) is 0.833. The van der Waals surface area contributed by atoms with Crippen molar-refractivity contribution in [1.29, 1.82) is 0 Å². The molecule has 2 aliphatic heterocycles. The molecule has 2 saturated heterocycles. The van der Waals surface area contributed by atoms with Crippen molar-refractivity contribution in [1.82, 2.24) is 14.8 Å². The molecule has 2 aliphatic rings. The van der Waals surface area contributed by atoms with Crippen molar-refractivity contribution in [3.05, 3.63) is 16.1 Å². The Hall–Kier alpha value is -0.450. The minimum absolute atomic E-state index is 0.875. The molecule has 3 heterocycles. The number of nitrogens with zero attached hydrogens (tertiary/aromatic N) is 3. The Morgan fingerprint density at radius 2 is 2.14 bits per heavy atom. The van der Waals surface area contributed by atoms with E-state index >= 15 is 0 Å². The van der Waals surface area contributed by atoms with Crippen LogP contribution in [-0.4, -0.2) is 54.1 Å². The highest BCUT2D eigenvalue weighted by atomic mass is 32.1. The van der Waals surface area contributed by atoms with Gasteiger partial charge < -0.3 is 9.80 Å². The zero-order chi connectivity index (χ0) is 14.7. The van der Waals surface area contributed by atoms with E-state index in [0.717, 1.165) is 18.4 Å². The second-order valence-corrected chi connectivity index (χ2v) is 7.81. The van der Waals surface area contributed by atoms with Crippen molar-refractivity contribution in [3.63, 3.8) is 0 Å². The van der Waals surface area contributed by atoms with Crippen LogP contribution in [0.4, 0.5) is 0 Å². The molecule has 0 saturated carbocycles. The van der Waals surface area contributed by atoms with Gasteiger partial charge in [-0.2, -0.15) is 0 Å². The summed E-state index contributed by atoms with van der Waals surface area (Å²) in [5, 5.41) is 0. The molecule has 2 atom stereocenters. The van der Waals surface area contributed by atoms with E-state index in [9.17, 15) is 0 Å². The van der Waals surface area contributed by atoms with Gasteiger partial charge in [0, 0.05) is 24.0 Å². The van der Waals surface area contributed by atoms with Crippen LogP contribution in [0.1, 0.15) is 42.7 Å². The van der Waals surface area contributed by atoms with E-state index in [1.54, 1.807) is 0 Å². The molecule has 0 aromatic carbocycles. The number of aromatic nitrogens is 1. The number of piperidine rings is 2. The molecule has 0 unspecified atom stereocenters. The highest BCUT2D eigenvalue weighted by Gasteiger charge is 2.33. The number of hydrogen-bond acceptors (Lipinski definition) is 4. The fraction of sp³-hybridized carbons (Fsp3) is 0.824. The van der Waals surface area contributed by atoms with Gasteiger partial charge in [-0.25, -0.2) is 4.98 Å². The first-order chi connectivity index (χ1) is 10.2. The number of hydrogen-bond donors (Lipinski definition) is 0. The van der Waals surface area contributed by atoms with Gasteiger partial charge in [-0.05, 0) is 65.1 Å². The van der Waals surface area contributed by atoms with E-state index in [1.165, 1.54) is 68.9 Å². The molecule has 0 bridgehead atoms. The van der Waals surface area contributed by atoms with Gasteiger partial charge in [0.05, 0.1) is 11.2 Å². The molecular formula is C17H29N3S. The zero-order valence-electron chi connectivity index (χ0n) is 13.6. The summed E-state index contributed by atoms with van der Waals surface area (Å²) >= 11 is 1.81. The maximum Gasteiger partial charge on any atom is 0.0797 e. The van der Waals surface area contributed by atoms with Crippen LogP contribution in [0, 0.1) is 12.8 Å². The first-order valence-corrected chi connectivity index (χ1v) is 9.43. The van der Waals surface area contributed by atoms with Gasteiger partial charge in [0.15, 0.2) is 0 Å². The number of fused-ring (bicyclic) bond motifs is 1. The SMILES string of the molecule is Cc1ncsc1CCN(C)C[C@@H]1CCCN2CCCC[C@H]12. The van der Waals surface area contributed by atoms with Crippen LogP contribution in [-0.2, 0) is 6.42 Å². The van der Waals surface area contributed by atoms with E-state index < -0.39 is 0 Å². The largest absolute Gasteiger partial charge is 0.306 e. The lowest BCUT2D eigenvalue weighted by Crippen LogP contribution is -2.50. The summed E-state index contributed by atoms with van der Waals surface area (Å²) in [4.78, 5) is 11.2. The average molecular weight is 308 g/mol. The van der Waals surface area contributed by atoms with E-state index in [-0.39, 0.29) is 0 Å². The Morgan fingerprint density at radius 3 is 2.95 bits per heavy atom. The lowest BCUT2D eigenvalue weighted by Gasteiger charge is -2.45. The van der Waals surface area contributed by atoms with Crippen LogP contribution in [0.2, 0.25) is 0 Å². The Morgan fingerprint density at radius 1 is 1.29 bits per heavy atom. The topological polar surface area (TPSA) is 19.4 Å². The summed E-state index contributed by atoms with van der Waals surface area (Å²) in [6.07, 6.45) is 8.31. The lowest BCUT2D eigenvalue weighted by atomic mass is 9.83. The van der Waals surface area contributed by atoms with Gasteiger partial charge in [-0.1, -0.05) is 6.42 Å². The average Bonchev–Trinajstić information content (AvgIpc) is 2.91. The maximum absolute atomic E-state index is 4.36. The predicted octanol–water partition coefficient (Wildman–Crippen LogP) is 3.19. The molecule has 3 rings (SSSR count). The summed E-state index contributed by atoms with van der Waals surface area (Å²) in [5.74, 6) is 0.895. The first-order valence-electron chi connectivity index (χ1n) is 8.55. The van der Waals surface area contributed by atoms with E-state index in [1.807, 2.05) is 16.8 Å². The van der Waals surface area contributed by atoms with Crippen molar-refractivity contribution in [3.8, 4) is 0 Å². The Bertz CT molecular complexity index is 443. The third kappa shape index (κ3) is 3.85. The summed E-state index contributed by atoms with van der Waals surface area (Å²) in [6, 6.07) is 0.875. The van der Waals surface area contributed by atoms with Crippen molar-refractivity contribution in [2.45, 2.75) is 51.5 Å². The molecule has 0 N–H and O–H groups in total. The van der Waals surface area contributed by atoms with Crippen molar-refractivity contribution in [2.75, 3.05) is 33.2 Å². The van der Waals surface area contributed by atoms with Gasteiger partial charge >= 0.3 is 0 Å². The Balaban J connectivity index is 1.49. The fourth-order valence-corrected chi connectivity index (χ4v) is 4.91. The Labute approximate surface area is 133 Å². The molecule has 0 aliphatic carbocycles. The molecule has 21 heavy (non-hydrogen) atoms. The zero-order valence-corrected chi connectivity index (χ0v) is 14.4. The molecule has 3 nitrogen and oxygen atoms in total. The van der Waals surface area contributed by atoms with Gasteiger partial charge in [0.2, 0.25) is 0 Å². The molecular weight excluding hydrogens is 278 g/mol. The fourth-order valence-electron chi connectivity index (χ4n) is 4.14. The number of rotatable bonds is 5. The normalized spacial score (nSPS) is 27.0. The summed E-state index contributed by atoms with van der Waals surface area (Å²) < 4.78 is 0. The van der Waals surface area contributed by atoms with Crippen LogP contribution >= 0.6 is 11.3 Å².